The molecule has 6 rings (SSSR count). The Kier molecular flexibility index (Phi) is 4.74. The van der Waals surface area contributed by atoms with Gasteiger partial charge in [-0.15, -0.1) is 0 Å². The van der Waals surface area contributed by atoms with Gasteiger partial charge in [-0.3, -0.25) is 9.88 Å². The van der Waals surface area contributed by atoms with Crippen molar-refractivity contribution in [1.29, 1.82) is 5.26 Å². The lowest BCUT2D eigenvalue weighted by molar-refractivity contribution is 0.134. The van der Waals surface area contributed by atoms with Crippen LogP contribution in [0.2, 0.25) is 0 Å². The number of fused-ring (bicyclic) bond motifs is 4. The molecular formula is C26H28N6. The largest absolute Gasteiger partial charge is 0.369 e. The van der Waals surface area contributed by atoms with Gasteiger partial charge in [-0.05, 0) is 48.4 Å². The van der Waals surface area contributed by atoms with Gasteiger partial charge in [0.2, 0.25) is 0 Å². The average molecular weight is 425 g/mol. The van der Waals surface area contributed by atoms with E-state index in [2.05, 4.69) is 68.3 Å². The molecule has 0 aliphatic carbocycles. The van der Waals surface area contributed by atoms with Crippen LogP contribution in [-0.2, 0) is 6.54 Å². The first-order chi connectivity index (χ1) is 15.7. The zero-order valence-corrected chi connectivity index (χ0v) is 18.5. The second-order valence-corrected chi connectivity index (χ2v) is 9.17. The van der Waals surface area contributed by atoms with E-state index in [0.717, 1.165) is 56.7 Å². The first-order valence-corrected chi connectivity index (χ1v) is 11.6. The molecule has 2 fully saturated rings. The molecule has 0 radical (unpaired) electrons. The quantitative estimate of drug-likeness (QED) is 0.681. The predicted octanol–water partition coefficient (Wildman–Crippen LogP) is 3.28. The van der Waals surface area contributed by atoms with Gasteiger partial charge in [0.15, 0.2) is 0 Å². The number of anilines is 2. The van der Waals surface area contributed by atoms with Crippen LogP contribution in [0, 0.1) is 11.3 Å². The molecular weight excluding hydrogens is 396 g/mol. The normalized spacial score (nSPS) is 23.1. The molecule has 0 amide bonds. The summed E-state index contributed by atoms with van der Waals surface area (Å²) in [5.41, 5.74) is 7.04. The first-order valence-electron chi connectivity index (χ1n) is 11.6. The second kappa shape index (κ2) is 7.77. The minimum atomic E-state index is 0.388. The van der Waals surface area contributed by atoms with E-state index < -0.39 is 0 Å². The molecule has 32 heavy (non-hydrogen) atoms. The Morgan fingerprint density at radius 1 is 1.00 bits per heavy atom. The van der Waals surface area contributed by atoms with Gasteiger partial charge < -0.3 is 15.1 Å². The van der Waals surface area contributed by atoms with Crippen molar-refractivity contribution in [3.05, 3.63) is 65.4 Å². The number of nitrogens with one attached hydrogen (secondary N) is 1. The van der Waals surface area contributed by atoms with E-state index >= 15 is 0 Å². The predicted molar refractivity (Wildman–Crippen MR) is 128 cm³/mol. The highest BCUT2D eigenvalue weighted by molar-refractivity contribution is 5.95. The van der Waals surface area contributed by atoms with E-state index in [1.54, 1.807) is 6.20 Å². The van der Waals surface area contributed by atoms with Crippen LogP contribution in [0.15, 0.2) is 48.7 Å². The Morgan fingerprint density at radius 3 is 2.72 bits per heavy atom. The van der Waals surface area contributed by atoms with Crippen molar-refractivity contribution in [3.8, 4) is 6.07 Å². The fourth-order valence-corrected chi connectivity index (χ4v) is 5.84. The summed E-state index contributed by atoms with van der Waals surface area (Å²) in [6, 6.07) is 18.1. The summed E-state index contributed by atoms with van der Waals surface area (Å²) in [4.78, 5) is 12.3. The van der Waals surface area contributed by atoms with Crippen molar-refractivity contribution in [3.63, 3.8) is 0 Å². The molecule has 6 heteroatoms. The summed E-state index contributed by atoms with van der Waals surface area (Å²) in [5, 5.41) is 14.1. The van der Waals surface area contributed by atoms with Gasteiger partial charge in [0.25, 0.3) is 0 Å². The van der Waals surface area contributed by atoms with Gasteiger partial charge in [-0.25, -0.2) is 0 Å². The van der Waals surface area contributed by atoms with Crippen LogP contribution < -0.4 is 15.1 Å². The smallest absolute Gasteiger partial charge is 0.101 e. The molecule has 3 aliphatic rings. The molecule has 1 N–H and O–H groups in total. The summed E-state index contributed by atoms with van der Waals surface area (Å²) < 4.78 is 0. The van der Waals surface area contributed by atoms with Crippen LogP contribution in [-0.4, -0.2) is 55.2 Å². The number of pyridine rings is 1. The number of aromatic nitrogens is 1. The molecule has 3 aromatic rings. The topological polar surface area (TPSA) is 58.4 Å². The number of nitriles is 1. The van der Waals surface area contributed by atoms with Crippen molar-refractivity contribution >= 4 is 22.3 Å². The third kappa shape index (κ3) is 3.04. The monoisotopic (exact) mass is 424 g/mol. The van der Waals surface area contributed by atoms with Gasteiger partial charge in [0.1, 0.15) is 6.07 Å². The molecule has 2 unspecified atom stereocenters. The highest BCUT2D eigenvalue weighted by Gasteiger charge is 2.40. The van der Waals surface area contributed by atoms with E-state index in [1.165, 1.54) is 22.5 Å². The summed E-state index contributed by atoms with van der Waals surface area (Å²) in [6.07, 6.45) is 1.78. The average Bonchev–Trinajstić information content (AvgIpc) is 3.23. The van der Waals surface area contributed by atoms with Crippen LogP contribution in [0.3, 0.4) is 0 Å². The maximum atomic E-state index is 9.53. The molecule has 3 aliphatic heterocycles. The third-order valence-electron chi connectivity index (χ3n) is 7.40. The zero-order chi connectivity index (χ0) is 21.7. The van der Waals surface area contributed by atoms with Crippen LogP contribution in [0.5, 0.6) is 0 Å². The Labute approximate surface area is 189 Å². The number of piperazine rings is 2. The van der Waals surface area contributed by atoms with Crippen LogP contribution in [0.25, 0.3) is 10.9 Å². The number of nitrogens with zero attached hydrogens (tertiary/aromatic N) is 5. The van der Waals surface area contributed by atoms with Crippen molar-refractivity contribution in [1.82, 2.24) is 15.2 Å². The molecule has 0 bridgehead atoms. The Hall–Kier alpha value is -3.14. The van der Waals surface area contributed by atoms with Crippen LogP contribution in [0.4, 0.5) is 11.4 Å². The van der Waals surface area contributed by atoms with Crippen molar-refractivity contribution in [2.75, 3.05) is 49.1 Å². The summed E-state index contributed by atoms with van der Waals surface area (Å²) in [5.74, 6) is 0. The maximum absolute atomic E-state index is 9.53. The lowest BCUT2D eigenvalue weighted by Gasteiger charge is -2.43. The molecule has 162 valence electrons. The number of rotatable bonds is 2. The molecule has 6 nitrogen and oxygen atoms in total. The number of hydrogen-bond donors (Lipinski definition) is 1. The third-order valence-corrected chi connectivity index (χ3v) is 7.40. The lowest BCUT2D eigenvalue weighted by atomic mass is 9.99. The molecule has 1 aromatic heterocycles. The van der Waals surface area contributed by atoms with E-state index in [4.69, 9.17) is 0 Å². The number of benzene rings is 2. The maximum Gasteiger partial charge on any atom is 0.101 e. The van der Waals surface area contributed by atoms with Gasteiger partial charge >= 0.3 is 0 Å². The molecule has 0 saturated carbocycles. The fraction of sp³-hybridized carbons (Fsp3) is 0.385. The van der Waals surface area contributed by atoms with Gasteiger partial charge in [0.05, 0.1) is 17.1 Å². The zero-order valence-electron chi connectivity index (χ0n) is 18.5. The Balaban J connectivity index is 1.37. The van der Waals surface area contributed by atoms with E-state index in [9.17, 15) is 5.26 Å². The summed E-state index contributed by atoms with van der Waals surface area (Å²) in [7, 11) is 0. The molecule has 2 aromatic carbocycles. The molecule has 4 heterocycles. The molecule has 2 atom stereocenters. The minimum absolute atomic E-state index is 0.388. The summed E-state index contributed by atoms with van der Waals surface area (Å²) >= 11 is 0. The Morgan fingerprint density at radius 2 is 1.88 bits per heavy atom. The van der Waals surface area contributed by atoms with Crippen molar-refractivity contribution in [2.24, 2.45) is 0 Å². The van der Waals surface area contributed by atoms with E-state index in [1.807, 2.05) is 12.1 Å². The summed E-state index contributed by atoms with van der Waals surface area (Å²) in [6.45, 7) is 9.58. The SMILES string of the molecule is CC1CN(c2ccc(C#N)c3ncccc23)CC2c3cccc(N4CCNCC4)c3CN12. The van der Waals surface area contributed by atoms with E-state index in [-0.39, 0.29) is 0 Å². The molecule has 2 saturated heterocycles. The molecule has 0 spiro atoms. The first kappa shape index (κ1) is 19.5. The van der Waals surface area contributed by atoms with Gasteiger partial charge in [-0.1, -0.05) is 12.1 Å². The lowest BCUT2D eigenvalue weighted by Crippen LogP contribution is -2.51. The Bertz CT molecular complexity index is 1210. The van der Waals surface area contributed by atoms with Crippen LogP contribution in [0.1, 0.15) is 29.7 Å². The van der Waals surface area contributed by atoms with Crippen molar-refractivity contribution in [2.45, 2.75) is 25.6 Å². The van der Waals surface area contributed by atoms with Gasteiger partial charge in [-0.2, -0.15) is 5.26 Å². The highest BCUT2D eigenvalue weighted by Crippen LogP contribution is 2.44. The minimum Gasteiger partial charge on any atom is -0.369 e. The highest BCUT2D eigenvalue weighted by atomic mass is 15.3. The fourth-order valence-electron chi connectivity index (χ4n) is 5.84. The van der Waals surface area contributed by atoms with Crippen LogP contribution >= 0.6 is 0 Å². The van der Waals surface area contributed by atoms with E-state index in [0.29, 0.717) is 17.6 Å². The van der Waals surface area contributed by atoms with Gasteiger partial charge in [0, 0.05) is 74.8 Å². The second-order valence-electron chi connectivity index (χ2n) is 9.17. The standard InChI is InChI=1S/C26H28N6/c1-18-15-31(24-8-7-19(14-27)26-21(24)5-3-9-29-26)17-25-20-4-2-6-23(22(20)16-32(18)25)30-12-10-28-11-13-30/h2-9,18,25,28H,10-13,15-17H2,1H3. The number of hydrogen-bond acceptors (Lipinski definition) is 6. The van der Waals surface area contributed by atoms with Crippen molar-refractivity contribution < 1.29 is 0 Å².